The predicted molar refractivity (Wildman–Crippen MR) is 267 cm³/mol. The molecule has 11 rings (SSSR count). The third-order valence-electron chi connectivity index (χ3n) is 15.7. The standard InChI is InChI=1S/C57H61BN2S/c1-34-27-47-50-48(28-34)60(39-19-21-42-44(33-39)57(11,12)26-24-55(42,7)8)51-40-31-37(53(2,3)4)17-22-49(40)61-52(51)58(50)45-29-35-15-13-14-16-36(35)30-46(45)59(47)38-18-20-41-43(32-38)56(9,10)25-23-54(41,5)6/h13-22,27-33H,23-26H2,1-12H3. The Bertz CT molecular complexity index is 3010. The fraction of sp³-hybridized carbons (Fsp3) is 0.368. The Morgan fingerprint density at radius 2 is 1.07 bits per heavy atom. The van der Waals surface area contributed by atoms with Crippen molar-refractivity contribution in [3.05, 3.63) is 137 Å². The molecule has 0 radical (unpaired) electrons. The summed E-state index contributed by atoms with van der Waals surface area (Å²) < 4.78 is 2.80. The molecule has 0 unspecified atom stereocenters. The quantitative estimate of drug-likeness (QED) is 0.160. The minimum atomic E-state index is 0.0289. The summed E-state index contributed by atoms with van der Waals surface area (Å²) in [6, 6.07) is 41.3. The Kier molecular flexibility index (Phi) is 8.11. The fourth-order valence-corrected chi connectivity index (χ4v) is 13.0. The van der Waals surface area contributed by atoms with E-state index in [2.05, 4.69) is 196 Å². The van der Waals surface area contributed by atoms with Crippen LogP contribution in [0.2, 0.25) is 0 Å². The van der Waals surface area contributed by atoms with Crippen molar-refractivity contribution < 1.29 is 0 Å². The van der Waals surface area contributed by atoms with Crippen molar-refractivity contribution in [1.29, 1.82) is 0 Å². The summed E-state index contributed by atoms with van der Waals surface area (Å²) in [6.07, 6.45) is 4.79. The van der Waals surface area contributed by atoms with Crippen LogP contribution in [0.4, 0.5) is 34.1 Å². The minimum absolute atomic E-state index is 0.0289. The summed E-state index contributed by atoms with van der Waals surface area (Å²) in [7, 11) is 0. The van der Waals surface area contributed by atoms with Crippen LogP contribution in [0, 0.1) is 6.92 Å². The number of hydrogen-bond donors (Lipinski definition) is 0. The van der Waals surface area contributed by atoms with Crippen LogP contribution in [0.15, 0.2) is 103 Å². The molecule has 0 fully saturated rings. The van der Waals surface area contributed by atoms with Gasteiger partial charge in [-0.1, -0.05) is 125 Å². The summed E-state index contributed by atoms with van der Waals surface area (Å²) in [5.74, 6) is 0. The molecule has 308 valence electrons. The second kappa shape index (κ2) is 12.7. The van der Waals surface area contributed by atoms with Crippen LogP contribution in [0.1, 0.15) is 135 Å². The lowest BCUT2D eigenvalue weighted by Gasteiger charge is -2.46. The fourth-order valence-electron chi connectivity index (χ4n) is 11.7. The predicted octanol–water partition coefficient (Wildman–Crippen LogP) is 14.4. The smallest absolute Gasteiger partial charge is 0.264 e. The van der Waals surface area contributed by atoms with Gasteiger partial charge >= 0.3 is 0 Å². The Hall–Kier alpha value is -4.80. The summed E-state index contributed by atoms with van der Waals surface area (Å²) in [6.45, 7) is 29.1. The van der Waals surface area contributed by atoms with E-state index in [0.717, 1.165) is 0 Å². The number of nitrogens with zero attached hydrogens (tertiary/aromatic N) is 2. The van der Waals surface area contributed by atoms with Crippen LogP contribution in [-0.2, 0) is 27.1 Å². The Labute approximate surface area is 369 Å². The highest BCUT2D eigenvalue weighted by Crippen LogP contribution is 2.53. The van der Waals surface area contributed by atoms with Crippen LogP contribution < -0.4 is 25.5 Å². The van der Waals surface area contributed by atoms with E-state index in [-0.39, 0.29) is 33.8 Å². The highest BCUT2D eigenvalue weighted by atomic mass is 32.1. The van der Waals surface area contributed by atoms with Gasteiger partial charge in [0.2, 0.25) is 0 Å². The number of anilines is 6. The molecule has 7 aromatic rings. The molecule has 2 aliphatic carbocycles. The van der Waals surface area contributed by atoms with Crippen LogP contribution in [0.3, 0.4) is 0 Å². The van der Waals surface area contributed by atoms with Crippen molar-refractivity contribution in [1.82, 2.24) is 0 Å². The second-order valence-electron chi connectivity index (χ2n) is 22.9. The van der Waals surface area contributed by atoms with Crippen molar-refractivity contribution in [3.8, 4) is 0 Å². The first-order chi connectivity index (χ1) is 28.7. The Balaban J connectivity index is 1.25. The van der Waals surface area contributed by atoms with E-state index in [1.54, 1.807) is 0 Å². The molecule has 0 amide bonds. The molecule has 0 bridgehead atoms. The number of aryl methyl sites for hydroxylation is 1. The zero-order valence-corrected chi connectivity index (χ0v) is 39.3. The van der Waals surface area contributed by atoms with E-state index in [0.29, 0.717) is 0 Å². The maximum Gasteiger partial charge on any atom is 0.264 e. The maximum atomic E-state index is 2.70. The molecule has 6 aromatic carbocycles. The molecular weight excluding hydrogens is 756 g/mol. The molecule has 4 heteroatoms. The first kappa shape index (κ1) is 39.1. The molecule has 1 aromatic heterocycles. The van der Waals surface area contributed by atoms with Gasteiger partial charge in [-0.3, -0.25) is 0 Å². The molecule has 0 saturated heterocycles. The van der Waals surface area contributed by atoms with Crippen molar-refractivity contribution in [2.45, 2.75) is 136 Å². The lowest BCUT2D eigenvalue weighted by Crippen LogP contribution is -2.60. The normalized spacial score (nSPS) is 19.0. The third kappa shape index (κ3) is 5.73. The average molecular weight is 817 g/mol. The van der Waals surface area contributed by atoms with Gasteiger partial charge in [0.15, 0.2) is 0 Å². The van der Waals surface area contributed by atoms with Gasteiger partial charge in [-0.25, -0.2) is 0 Å². The highest BCUT2D eigenvalue weighted by Gasteiger charge is 2.47. The summed E-state index contributed by atoms with van der Waals surface area (Å²) in [5, 5.41) is 3.94. The number of benzene rings is 6. The van der Waals surface area contributed by atoms with Gasteiger partial charge in [0.25, 0.3) is 6.71 Å². The Morgan fingerprint density at radius 3 is 1.64 bits per heavy atom. The van der Waals surface area contributed by atoms with E-state index in [9.17, 15) is 0 Å². The molecule has 0 spiro atoms. The highest BCUT2D eigenvalue weighted by molar-refractivity contribution is 7.33. The van der Waals surface area contributed by atoms with Crippen LogP contribution in [-0.4, -0.2) is 6.71 Å². The van der Waals surface area contributed by atoms with E-state index in [4.69, 9.17) is 0 Å². The maximum absolute atomic E-state index is 2.70. The van der Waals surface area contributed by atoms with E-state index >= 15 is 0 Å². The van der Waals surface area contributed by atoms with Gasteiger partial charge in [0, 0.05) is 43.3 Å². The SMILES string of the molecule is Cc1cc2c3c(c1)N(c1ccc4c(c1)C(C)(C)CCC4(C)C)c1c(sc4ccc(C(C)(C)C)cc14)B3c1cc3ccccc3cc1N2c1ccc2c(c1)C(C)(C)CCC2(C)C. The van der Waals surface area contributed by atoms with Gasteiger partial charge in [-0.2, -0.15) is 0 Å². The van der Waals surface area contributed by atoms with Crippen molar-refractivity contribution >= 4 is 88.7 Å². The molecule has 3 heterocycles. The molecule has 0 N–H and O–H groups in total. The molecule has 2 nitrogen and oxygen atoms in total. The number of thiophene rings is 1. The van der Waals surface area contributed by atoms with Gasteiger partial charge < -0.3 is 9.80 Å². The molecule has 0 atom stereocenters. The lowest BCUT2D eigenvalue weighted by molar-refractivity contribution is 0.332. The van der Waals surface area contributed by atoms with Crippen LogP contribution >= 0.6 is 11.3 Å². The summed E-state index contributed by atoms with van der Waals surface area (Å²) in [4.78, 5) is 5.35. The second-order valence-corrected chi connectivity index (χ2v) is 23.9. The van der Waals surface area contributed by atoms with E-state index in [1.807, 2.05) is 11.3 Å². The minimum Gasteiger partial charge on any atom is -0.311 e. The van der Waals surface area contributed by atoms with Gasteiger partial charge in [-0.05, 0) is 169 Å². The van der Waals surface area contributed by atoms with Crippen molar-refractivity contribution in [2.24, 2.45) is 0 Å². The van der Waals surface area contributed by atoms with Crippen molar-refractivity contribution in [2.75, 3.05) is 9.80 Å². The molecule has 61 heavy (non-hydrogen) atoms. The largest absolute Gasteiger partial charge is 0.311 e. The van der Waals surface area contributed by atoms with Gasteiger partial charge in [0.05, 0.1) is 5.69 Å². The number of fused-ring (bicyclic) bond motifs is 9. The van der Waals surface area contributed by atoms with Crippen LogP contribution in [0.5, 0.6) is 0 Å². The molecule has 2 aliphatic heterocycles. The topological polar surface area (TPSA) is 6.48 Å². The first-order valence-corrected chi connectivity index (χ1v) is 23.7. The number of hydrogen-bond acceptors (Lipinski definition) is 3. The van der Waals surface area contributed by atoms with Gasteiger partial charge in [-0.15, -0.1) is 11.3 Å². The monoisotopic (exact) mass is 816 g/mol. The Morgan fingerprint density at radius 1 is 0.541 bits per heavy atom. The van der Waals surface area contributed by atoms with Gasteiger partial charge in [0.1, 0.15) is 0 Å². The van der Waals surface area contributed by atoms with Crippen molar-refractivity contribution in [3.63, 3.8) is 0 Å². The molecule has 4 aliphatic rings. The first-order valence-electron chi connectivity index (χ1n) is 22.9. The third-order valence-corrected chi connectivity index (χ3v) is 17.0. The van der Waals surface area contributed by atoms with E-state index < -0.39 is 0 Å². The molecule has 0 saturated carbocycles. The zero-order chi connectivity index (χ0) is 42.8. The average Bonchev–Trinajstić information content (AvgIpc) is 3.58. The van der Waals surface area contributed by atoms with E-state index in [1.165, 1.54) is 130 Å². The molecular formula is C57H61BN2S. The zero-order valence-electron chi connectivity index (χ0n) is 38.5. The summed E-state index contributed by atoms with van der Waals surface area (Å²) in [5.41, 5.74) is 19.8. The summed E-state index contributed by atoms with van der Waals surface area (Å²) >= 11 is 2.01. The lowest BCUT2D eigenvalue weighted by atomic mass is 9.36. The van der Waals surface area contributed by atoms with Crippen LogP contribution in [0.25, 0.3) is 20.9 Å². The number of rotatable bonds is 2.